The molecule has 1 saturated carbocycles. The van der Waals surface area contributed by atoms with Gasteiger partial charge in [-0.25, -0.2) is 4.98 Å². The van der Waals surface area contributed by atoms with Crippen LogP contribution in [0.5, 0.6) is 0 Å². The summed E-state index contributed by atoms with van der Waals surface area (Å²) >= 11 is 5.92. The molecule has 1 saturated heterocycles. The van der Waals surface area contributed by atoms with Crippen LogP contribution in [-0.4, -0.2) is 22.5 Å². The molecule has 2 aliphatic rings. The third kappa shape index (κ3) is 2.48. The van der Waals surface area contributed by atoms with Crippen LogP contribution in [0, 0.1) is 5.92 Å². The van der Waals surface area contributed by atoms with Gasteiger partial charge in [-0.3, -0.25) is 4.90 Å². The number of aromatic nitrogens is 1. The van der Waals surface area contributed by atoms with Crippen molar-refractivity contribution in [2.45, 2.75) is 44.7 Å². The normalized spacial score (nSPS) is 29.2. The molecule has 3 heteroatoms. The molecule has 0 aromatic carbocycles. The van der Waals surface area contributed by atoms with Crippen LogP contribution in [0.2, 0.25) is 5.15 Å². The van der Waals surface area contributed by atoms with Crippen LogP contribution in [0.25, 0.3) is 0 Å². The Morgan fingerprint density at radius 3 is 3.06 bits per heavy atom. The maximum Gasteiger partial charge on any atom is 0.129 e. The molecule has 1 aliphatic heterocycles. The number of nitrogens with zero attached hydrogens (tertiary/aromatic N) is 2. The van der Waals surface area contributed by atoms with Crippen LogP contribution in [0.4, 0.5) is 0 Å². The van der Waals surface area contributed by atoms with E-state index in [0.717, 1.165) is 18.5 Å². The minimum absolute atomic E-state index is 0.612. The highest BCUT2D eigenvalue weighted by Crippen LogP contribution is 2.36. The fourth-order valence-electron chi connectivity index (χ4n) is 3.31. The zero-order chi connectivity index (χ0) is 11.7. The first kappa shape index (κ1) is 11.5. The molecule has 1 aromatic heterocycles. The van der Waals surface area contributed by atoms with Gasteiger partial charge in [0, 0.05) is 25.3 Å². The second kappa shape index (κ2) is 4.95. The number of likely N-dealkylation sites (tertiary alicyclic amines) is 1. The Morgan fingerprint density at radius 2 is 2.18 bits per heavy atom. The number of hydrogen-bond acceptors (Lipinski definition) is 2. The van der Waals surface area contributed by atoms with Gasteiger partial charge < -0.3 is 0 Å². The van der Waals surface area contributed by atoms with Crippen molar-refractivity contribution < 1.29 is 0 Å². The van der Waals surface area contributed by atoms with E-state index in [1.165, 1.54) is 44.2 Å². The fourth-order valence-corrected chi connectivity index (χ4v) is 3.51. The Morgan fingerprint density at radius 1 is 1.29 bits per heavy atom. The lowest BCUT2D eigenvalue weighted by Gasteiger charge is -2.48. The largest absolute Gasteiger partial charge is 0.295 e. The quantitative estimate of drug-likeness (QED) is 0.747. The Balaban J connectivity index is 1.63. The molecule has 2 heterocycles. The summed E-state index contributed by atoms with van der Waals surface area (Å²) in [6.45, 7) is 2.33. The zero-order valence-electron chi connectivity index (χ0n) is 10.1. The molecule has 2 unspecified atom stereocenters. The first-order valence-corrected chi connectivity index (χ1v) is 7.05. The lowest BCUT2D eigenvalue weighted by Crippen LogP contribution is -2.54. The van der Waals surface area contributed by atoms with E-state index in [0.29, 0.717) is 5.15 Å². The molecule has 0 amide bonds. The highest BCUT2D eigenvalue weighted by molar-refractivity contribution is 6.29. The topological polar surface area (TPSA) is 16.1 Å². The van der Waals surface area contributed by atoms with Gasteiger partial charge in [0.05, 0.1) is 0 Å². The van der Waals surface area contributed by atoms with Gasteiger partial charge in [-0.15, -0.1) is 0 Å². The molecule has 0 spiro atoms. The second-order valence-corrected chi connectivity index (χ2v) is 5.77. The summed E-state index contributed by atoms with van der Waals surface area (Å²) < 4.78 is 0. The van der Waals surface area contributed by atoms with Crippen molar-refractivity contribution in [1.29, 1.82) is 0 Å². The van der Waals surface area contributed by atoms with Gasteiger partial charge in [-0.2, -0.15) is 0 Å². The Labute approximate surface area is 108 Å². The molecule has 92 valence electrons. The third-order valence-electron chi connectivity index (χ3n) is 4.23. The molecule has 0 bridgehead atoms. The van der Waals surface area contributed by atoms with E-state index < -0.39 is 0 Å². The van der Waals surface area contributed by atoms with Crippen molar-refractivity contribution >= 4 is 11.6 Å². The van der Waals surface area contributed by atoms with Crippen molar-refractivity contribution in [2.75, 3.05) is 6.54 Å². The number of fused-ring (bicyclic) bond motifs is 1. The summed E-state index contributed by atoms with van der Waals surface area (Å²) in [4.78, 5) is 6.65. The molecule has 2 fully saturated rings. The minimum Gasteiger partial charge on any atom is -0.295 e. The molecule has 17 heavy (non-hydrogen) atoms. The van der Waals surface area contributed by atoms with Crippen molar-refractivity contribution in [3.05, 3.63) is 29.0 Å². The Kier molecular flexibility index (Phi) is 3.34. The summed E-state index contributed by atoms with van der Waals surface area (Å²) in [5.41, 5.74) is 1.30. The minimum atomic E-state index is 0.612. The van der Waals surface area contributed by atoms with Crippen LogP contribution >= 0.6 is 11.6 Å². The fraction of sp³-hybridized carbons (Fsp3) is 0.643. The number of rotatable bonds is 2. The predicted molar refractivity (Wildman–Crippen MR) is 70.0 cm³/mol. The van der Waals surface area contributed by atoms with Crippen LogP contribution in [0.15, 0.2) is 18.3 Å². The van der Waals surface area contributed by atoms with Crippen LogP contribution in [0.3, 0.4) is 0 Å². The smallest absolute Gasteiger partial charge is 0.129 e. The maximum atomic E-state index is 5.92. The average Bonchev–Trinajstić information content (AvgIpc) is 2.48. The Bertz CT molecular complexity index is 394. The van der Waals surface area contributed by atoms with Gasteiger partial charge in [-0.05, 0) is 36.5 Å². The molecule has 3 rings (SSSR count). The molecule has 0 radical (unpaired) electrons. The predicted octanol–water partition coefficient (Wildman–Crippen LogP) is 3.50. The van der Waals surface area contributed by atoms with Crippen LogP contribution in [-0.2, 0) is 6.54 Å². The molecular formula is C14H19ClN2. The summed E-state index contributed by atoms with van der Waals surface area (Å²) in [6, 6.07) is 4.91. The molecule has 0 N–H and O–H groups in total. The average molecular weight is 251 g/mol. The van der Waals surface area contributed by atoms with Gasteiger partial charge in [0.15, 0.2) is 0 Å². The van der Waals surface area contributed by atoms with Crippen LogP contribution < -0.4 is 0 Å². The summed E-state index contributed by atoms with van der Waals surface area (Å²) in [5.74, 6) is 0.967. The van der Waals surface area contributed by atoms with Gasteiger partial charge in [0.2, 0.25) is 0 Å². The monoisotopic (exact) mass is 250 g/mol. The molecule has 1 aromatic rings. The van der Waals surface area contributed by atoms with E-state index in [1.807, 2.05) is 12.3 Å². The second-order valence-electron chi connectivity index (χ2n) is 5.38. The maximum absolute atomic E-state index is 5.92. The lowest BCUT2D eigenvalue weighted by atomic mass is 9.84. The summed E-state index contributed by atoms with van der Waals surface area (Å²) in [5, 5.41) is 0.612. The number of pyridine rings is 1. The molecule has 2 atom stereocenters. The highest BCUT2D eigenvalue weighted by atomic mass is 35.5. The number of halogens is 1. The zero-order valence-corrected chi connectivity index (χ0v) is 10.9. The van der Waals surface area contributed by atoms with E-state index in [2.05, 4.69) is 16.0 Å². The van der Waals surface area contributed by atoms with E-state index in [1.54, 1.807) is 0 Å². The van der Waals surface area contributed by atoms with E-state index >= 15 is 0 Å². The van der Waals surface area contributed by atoms with Gasteiger partial charge in [-0.1, -0.05) is 30.9 Å². The summed E-state index contributed by atoms with van der Waals surface area (Å²) in [6.07, 6.45) is 8.93. The van der Waals surface area contributed by atoms with E-state index in [9.17, 15) is 0 Å². The number of hydrogen-bond donors (Lipinski definition) is 0. The van der Waals surface area contributed by atoms with Crippen molar-refractivity contribution in [3.63, 3.8) is 0 Å². The summed E-state index contributed by atoms with van der Waals surface area (Å²) in [7, 11) is 0. The van der Waals surface area contributed by atoms with E-state index in [-0.39, 0.29) is 0 Å². The van der Waals surface area contributed by atoms with Gasteiger partial charge >= 0.3 is 0 Å². The Hall–Kier alpha value is -0.600. The van der Waals surface area contributed by atoms with Crippen molar-refractivity contribution in [3.8, 4) is 0 Å². The lowest BCUT2D eigenvalue weighted by molar-refractivity contribution is 0.00300. The van der Waals surface area contributed by atoms with Crippen LogP contribution in [0.1, 0.15) is 37.7 Å². The van der Waals surface area contributed by atoms with Crippen molar-refractivity contribution in [1.82, 2.24) is 9.88 Å². The van der Waals surface area contributed by atoms with E-state index in [4.69, 9.17) is 11.6 Å². The standard InChI is InChI=1S/C14H19ClN2/c15-14-8-11(6-7-16-14)9-17-10-12-4-2-1-3-5-13(12)17/h6-8,12-13H,1-5,9-10H2. The van der Waals surface area contributed by atoms with Gasteiger partial charge in [0.1, 0.15) is 5.15 Å². The first-order valence-electron chi connectivity index (χ1n) is 6.67. The van der Waals surface area contributed by atoms with Crippen molar-refractivity contribution in [2.24, 2.45) is 5.92 Å². The third-order valence-corrected chi connectivity index (χ3v) is 4.44. The first-order chi connectivity index (χ1) is 8.33. The molecule has 1 aliphatic carbocycles. The molecular weight excluding hydrogens is 232 g/mol. The van der Waals surface area contributed by atoms with Gasteiger partial charge in [0.25, 0.3) is 0 Å². The SMILES string of the molecule is Clc1cc(CN2CC3CCCCCC32)ccn1. The highest BCUT2D eigenvalue weighted by Gasteiger charge is 2.38. The molecule has 2 nitrogen and oxygen atoms in total.